The number of carbonyl (C=O) groups excluding carboxylic acids is 2. The lowest BCUT2D eigenvalue weighted by atomic mass is 10.1. The van der Waals surface area contributed by atoms with Crippen molar-refractivity contribution in [1.82, 2.24) is 15.1 Å². The van der Waals surface area contributed by atoms with E-state index in [1.165, 1.54) is 23.3 Å². The molecule has 0 aromatic heterocycles. The van der Waals surface area contributed by atoms with Crippen molar-refractivity contribution in [1.29, 1.82) is 0 Å². The van der Waals surface area contributed by atoms with Crippen molar-refractivity contribution >= 4 is 11.9 Å². The summed E-state index contributed by atoms with van der Waals surface area (Å²) in [7, 11) is 0. The van der Waals surface area contributed by atoms with Gasteiger partial charge >= 0.3 is 6.03 Å². The number of aromatic hydroxyl groups is 1. The highest BCUT2D eigenvalue weighted by Gasteiger charge is 2.28. The molecule has 27 heavy (non-hydrogen) atoms. The maximum absolute atomic E-state index is 12.6. The molecule has 2 aromatic carbocycles. The number of aryl methyl sites for hydroxylation is 1. The van der Waals surface area contributed by atoms with Crippen LogP contribution in [0.1, 0.15) is 33.9 Å². The summed E-state index contributed by atoms with van der Waals surface area (Å²) in [5.41, 5.74) is 3.08. The van der Waals surface area contributed by atoms with E-state index in [4.69, 9.17) is 0 Å². The van der Waals surface area contributed by atoms with Crippen LogP contribution in [0, 0.1) is 0 Å². The minimum Gasteiger partial charge on any atom is -0.508 e. The molecule has 4 rings (SSSR count). The fourth-order valence-corrected chi connectivity index (χ4v) is 3.85. The first kappa shape index (κ1) is 17.4. The van der Waals surface area contributed by atoms with E-state index in [0.717, 1.165) is 12.8 Å². The summed E-state index contributed by atoms with van der Waals surface area (Å²) in [5.74, 6) is 0.0707. The minimum atomic E-state index is -0.0696. The Morgan fingerprint density at radius 3 is 2.33 bits per heavy atom. The van der Waals surface area contributed by atoms with Gasteiger partial charge in [-0.1, -0.05) is 24.3 Å². The van der Waals surface area contributed by atoms with Crippen LogP contribution in [0.2, 0.25) is 0 Å². The van der Waals surface area contributed by atoms with Crippen molar-refractivity contribution < 1.29 is 14.7 Å². The lowest BCUT2D eigenvalue weighted by Crippen LogP contribution is -2.53. The molecule has 140 valence electrons. The van der Waals surface area contributed by atoms with Gasteiger partial charge in [0.05, 0.1) is 6.04 Å². The van der Waals surface area contributed by atoms with Crippen LogP contribution in [-0.2, 0) is 6.42 Å². The molecule has 1 atom stereocenters. The second-order valence-electron chi connectivity index (χ2n) is 7.07. The second-order valence-corrected chi connectivity index (χ2v) is 7.07. The Labute approximate surface area is 158 Å². The van der Waals surface area contributed by atoms with E-state index >= 15 is 0 Å². The van der Waals surface area contributed by atoms with E-state index in [-0.39, 0.29) is 23.7 Å². The summed E-state index contributed by atoms with van der Waals surface area (Å²) >= 11 is 0. The van der Waals surface area contributed by atoms with E-state index in [2.05, 4.69) is 17.4 Å². The van der Waals surface area contributed by atoms with Crippen molar-refractivity contribution in [3.8, 4) is 5.75 Å². The Morgan fingerprint density at radius 1 is 0.926 bits per heavy atom. The fourth-order valence-electron chi connectivity index (χ4n) is 3.85. The summed E-state index contributed by atoms with van der Waals surface area (Å²) < 4.78 is 0. The molecule has 2 aliphatic rings. The molecule has 1 saturated heterocycles. The highest BCUT2D eigenvalue weighted by Crippen LogP contribution is 2.30. The first-order valence-electron chi connectivity index (χ1n) is 9.33. The zero-order valence-electron chi connectivity index (χ0n) is 15.1. The predicted octanol–water partition coefficient (Wildman–Crippen LogP) is 2.55. The number of rotatable bonds is 2. The quantitative estimate of drug-likeness (QED) is 0.859. The molecule has 6 nitrogen and oxygen atoms in total. The standard InChI is InChI=1S/C21H23N3O3/c25-17-8-5-16(6-9-17)20(26)23-11-13-24(14-12-23)21(27)22-19-10-7-15-3-1-2-4-18(15)19/h1-6,8-9,19,25H,7,10-14H2,(H,22,27). The Kier molecular flexibility index (Phi) is 4.71. The smallest absolute Gasteiger partial charge is 0.318 e. The molecule has 1 aliphatic carbocycles. The lowest BCUT2D eigenvalue weighted by molar-refractivity contribution is 0.0663. The highest BCUT2D eigenvalue weighted by atomic mass is 16.3. The number of phenolic OH excluding ortho intramolecular Hbond substituents is 1. The van der Waals surface area contributed by atoms with Gasteiger partial charge in [-0.05, 0) is 48.2 Å². The number of nitrogens with zero attached hydrogens (tertiary/aromatic N) is 2. The van der Waals surface area contributed by atoms with Crippen molar-refractivity contribution in [3.63, 3.8) is 0 Å². The summed E-state index contributed by atoms with van der Waals surface area (Å²) in [6.07, 6.45) is 1.93. The lowest BCUT2D eigenvalue weighted by Gasteiger charge is -2.35. The van der Waals surface area contributed by atoms with Crippen molar-refractivity contribution in [3.05, 3.63) is 65.2 Å². The van der Waals surface area contributed by atoms with Gasteiger partial charge in [-0.15, -0.1) is 0 Å². The molecular formula is C21H23N3O3. The summed E-state index contributed by atoms with van der Waals surface area (Å²) in [6.45, 7) is 2.05. The van der Waals surface area contributed by atoms with E-state index in [0.29, 0.717) is 31.7 Å². The van der Waals surface area contributed by atoms with Crippen molar-refractivity contribution in [2.45, 2.75) is 18.9 Å². The van der Waals surface area contributed by atoms with Crippen LogP contribution in [0.4, 0.5) is 4.79 Å². The molecule has 0 radical (unpaired) electrons. The Bertz CT molecular complexity index is 842. The van der Waals surface area contributed by atoms with Gasteiger partial charge in [-0.2, -0.15) is 0 Å². The number of phenols is 1. The van der Waals surface area contributed by atoms with E-state index < -0.39 is 0 Å². The van der Waals surface area contributed by atoms with Gasteiger partial charge in [0.2, 0.25) is 0 Å². The molecule has 1 unspecified atom stereocenters. The number of hydrogen-bond donors (Lipinski definition) is 2. The third-order valence-electron chi connectivity index (χ3n) is 5.40. The average molecular weight is 365 g/mol. The van der Waals surface area contributed by atoms with Crippen LogP contribution in [-0.4, -0.2) is 53.0 Å². The number of benzene rings is 2. The summed E-state index contributed by atoms with van der Waals surface area (Å²) in [6, 6.07) is 14.5. The van der Waals surface area contributed by atoms with Gasteiger partial charge in [-0.3, -0.25) is 4.79 Å². The number of piperazine rings is 1. The molecule has 1 aliphatic heterocycles. The SMILES string of the molecule is O=C(NC1CCc2ccccc21)N1CCN(C(=O)c2ccc(O)cc2)CC1. The van der Waals surface area contributed by atoms with E-state index in [9.17, 15) is 14.7 Å². The molecular weight excluding hydrogens is 342 g/mol. The molecule has 2 N–H and O–H groups in total. The second kappa shape index (κ2) is 7.31. The van der Waals surface area contributed by atoms with E-state index in [1.807, 2.05) is 12.1 Å². The fraction of sp³-hybridized carbons (Fsp3) is 0.333. The van der Waals surface area contributed by atoms with Crippen molar-refractivity contribution in [2.24, 2.45) is 0 Å². The zero-order chi connectivity index (χ0) is 18.8. The third-order valence-corrected chi connectivity index (χ3v) is 5.40. The molecule has 0 spiro atoms. The minimum absolute atomic E-state index is 0.0616. The summed E-state index contributed by atoms with van der Waals surface area (Å²) in [5, 5.41) is 12.5. The Hall–Kier alpha value is -3.02. The van der Waals surface area contributed by atoms with Crippen LogP contribution in [0.3, 0.4) is 0 Å². The largest absolute Gasteiger partial charge is 0.508 e. The Balaban J connectivity index is 1.32. The number of nitrogens with one attached hydrogen (secondary N) is 1. The zero-order valence-corrected chi connectivity index (χ0v) is 15.1. The van der Waals surface area contributed by atoms with Crippen LogP contribution < -0.4 is 5.32 Å². The maximum atomic E-state index is 12.6. The molecule has 1 heterocycles. The van der Waals surface area contributed by atoms with Gasteiger partial charge < -0.3 is 20.2 Å². The van der Waals surface area contributed by atoms with Crippen LogP contribution in [0.25, 0.3) is 0 Å². The average Bonchev–Trinajstić information content (AvgIpc) is 3.11. The number of amides is 3. The number of carbonyl (C=O) groups is 2. The molecule has 0 saturated carbocycles. The van der Waals surface area contributed by atoms with E-state index in [1.54, 1.807) is 21.9 Å². The van der Waals surface area contributed by atoms with Gasteiger partial charge in [0.1, 0.15) is 5.75 Å². The first-order valence-corrected chi connectivity index (χ1v) is 9.33. The van der Waals surface area contributed by atoms with Crippen LogP contribution in [0.5, 0.6) is 5.75 Å². The van der Waals surface area contributed by atoms with Gasteiger partial charge in [0.15, 0.2) is 0 Å². The first-order chi connectivity index (χ1) is 13.1. The molecule has 1 fully saturated rings. The number of urea groups is 1. The number of fused-ring (bicyclic) bond motifs is 1. The molecule has 0 bridgehead atoms. The highest BCUT2D eigenvalue weighted by molar-refractivity contribution is 5.94. The van der Waals surface area contributed by atoms with Crippen molar-refractivity contribution in [2.75, 3.05) is 26.2 Å². The molecule has 6 heteroatoms. The molecule has 2 aromatic rings. The maximum Gasteiger partial charge on any atom is 0.318 e. The van der Waals surface area contributed by atoms with Crippen LogP contribution >= 0.6 is 0 Å². The molecule has 3 amide bonds. The Morgan fingerprint density at radius 2 is 1.59 bits per heavy atom. The third kappa shape index (κ3) is 3.60. The van der Waals surface area contributed by atoms with Gasteiger partial charge in [-0.25, -0.2) is 4.79 Å². The number of hydrogen-bond acceptors (Lipinski definition) is 3. The van der Waals surface area contributed by atoms with Gasteiger partial charge in [0, 0.05) is 31.7 Å². The monoisotopic (exact) mass is 365 g/mol. The normalized spacial score (nSPS) is 18.9. The predicted molar refractivity (Wildman–Crippen MR) is 102 cm³/mol. The summed E-state index contributed by atoms with van der Waals surface area (Å²) in [4.78, 5) is 28.7. The van der Waals surface area contributed by atoms with Gasteiger partial charge in [0.25, 0.3) is 5.91 Å². The van der Waals surface area contributed by atoms with Crippen LogP contribution in [0.15, 0.2) is 48.5 Å². The topological polar surface area (TPSA) is 72.9 Å².